The van der Waals surface area contributed by atoms with Crippen LogP contribution < -0.4 is 11.1 Å². The number of halogens is 1. The number of nitrogens with two attached hydrogens (primary N) is 1. The Morgan fingerprint density at radius 3 is 2.29 bits per heavy atom. The first-order chi connectivity index (χ1) is 10.2. The number of hydrogen-bond acceptors (Lipinski definition) is 2. The van der Waals surface area contributed by atoms with Crippen LogP contribution >= 0.6 is 28.1 Å². The van der Waals surface area contributed by atoms with Crippen LogP contribution in [0.3, 0.4) is 0 Å². The van der Waals surface area contributed by atoms with Gasteiger partial charge in [-0.25, -0.2) is 0 Å². The first-order valence-corrected chi connectivity index (χ1v) is 7.70. The van der Waals surface area contributed by atoms with Crippen molar-refractivity contribution in [3.05, 3.63) is 70.7 Å². The number of para-hydroxylation sites is 1. The van der Waals surface area contributed by atoms with Crippen molar-refractivity contribution in [1.82, 2.24) is 0 Å². The summed E-state index contributed by atoms with van der Waals surface area (Å²) in [5.41, 5.74) is 8.58. The Bertz CT molecular complexity index is 830. The molecule has 0 radical (unpaired) electrons. The van der Waals surface area contributed by atoms with E-state index in [9.17, 15) is 0 Å². The Kier molecular flexibility index (Phi) is 3.90. The van der Waals surface area contributed by atoms with Gasteiger partial charge in [0.2, 0.25) is 0 Å². The highest BCUT2D eigenvalue weighted by atomic mass is 79.9. The maximum atomic E-state index is 5.79. The van der Waals surface area contributed by atoms with E-state index in [4.69, 9.17) is 18.0 Å². The van der Waals surface area contributed by atoms with Crippen molar-refractivity contribution in [2.24, 2.45) is 5.73 Å². The van der Waals surface area contributed by atoms with Crippen LogP contribution in [0.4, 0.5) is 11.4 Å². The highest BCUT2D eigenvalue weighted by Gasteiger charge is 2.08. The molecule has 0 atom stereocenters. The van der Waals surface area contributed by atoms with Crippen molar-refractivity contribution >= 4 is 55.3 Å². The van der Waals surface area contributed by atoms with E-state index >= 15 is 0 Å². The Balaban J connectivity index is 2.11. The number of anilines is 2. The van der Waals surface area contributed by atoms with E-state index in [1.54, 1.807) is 0 Å². The van der Waals surface area contributed by atoms with Gasteiger partial charge in [-0.2, -0.15) is 0 Å². The van der Waals surface area contributed by atoms with Crippen LogP contribution in [0.5, 0.6) is 0 Å². The van der Waals surface area contributed by atoms with E-state index in [0.29, 0.717) is 4.99 Å². The summed E-state index contributed by atoms with van der Waals surface area (Å²) in [6.07, 6.45) is 0. The van der Waals surface area contributed by atoms with E-state index in [0.717, 1.165) is 32.2 Å². The molecule has 3 rings (SSSR count). The van der Waals surface area contributed by atoms with Gasteiger partial charge in [0.15, 0.2) is 0 Å². The van der Waals surface area contributed by atoms with Crippen LogP contribution in [-0.4, -0.2) is 4.99 Å². The Morgan fingerprint density at radius 1 is 0.857 bits per heavy atom. The lowest BCUT2D eigenvalue weighted by atomic mass is 10.1. The second-order valence-electron chi connectivity index (χ2n) is 4.68. The lowest BCUT2D eigenvalue weighted by molar-refractivity contribution is 1.54. The summed E-state index contributed by atoms with van der Waals surface area (Å²) in [7, 11) is 0. The molecule has 0 spiro atoms. The summed E-state index contributed by atoms with van der Waals surface area (Å²) in [6, 6.07) is 20.1. The zero-order valence-electron chi connectivity index (χ0n) is 11.1. The van der Waals surface area contributed by atoms with Gasteiger partial charge in [-0.1, -0.05) is 64.5 Å². The Labute approximate surface area is 137 Å². The van der Waals surface area contributed by atoms with Crippen molar-refractivity contribution in [3.63, 3.8) is 0 Å². The molecule has 0 bridgehead atoms. The highest BCUT2D eigenvalue weighted by molar-refractivity contribution is 9.10. The van der Waals surface area contributed by atoms with E-state index in [2.05, 4.69) is 33.4 Å². The van der Waals surface area contributed by atoms with Crippen LogP contribution in [0.15, 0.2) is 65.1 Å². The monoisotopic (exact) mass is 356 g/mol. The fraction of sp³-hybridized carbons (Fsp3) is 0. The zero-order chi connectivity index (χ0) is 14.8. The molecule has 104 valence electrons. The molecule has 0 fully saturated rings. The average molecular weight is 357 g/mol. The number of rotatable bonds is 3. The topological polar surface area (TPSA) is 38.0 Å². The smallest absolute Gasteiger partial charge is 0.106 e. The summed E-state index contributed by atoms with van der Waals surface area (Å²) < 4.78 is 1.08. The summed E-state index contributed by atoms with van der Waals surface area (Å²) >= 11 is 8.70. The largest absolute Gasteiger partial charge is 0.389 e. The number of thiocarbonyl (C=S) groups is 1. The summed E-state index contributed by atoms with van der Waals surface area (Å²) in [5, 5.41) is 5.74. The zero-order valence-corrected chi connectivity index (χ0v) is 13.5. The molecule has 3 aromatic carbocycles. The van der Waals surface area contributed by atoms with Gasteiger partial charge >= 0.3 is 0 Å². The third-order valence-electron chi connectivity index (χ3n) is 3.33. The van der Waals surface area contributed by atoms with Crippen molar-refractivity contribution in [3.8, 4) is 0 Å². The number of hydrogen-bond donors (Lipinski definition) is 2. The molecule has 2 nitrogen and oxygen atoms in total. The molecule has 0 aliphatic carbocycles. The minimum Gasteiger partial charge on any atom is -0.389 e. The molecular formula is C17H13BrN2S. The molecule has 0 heterocycles. The van der Waals surface area contributed by atoms with E-state index in [1.165, 1.54) is 0 Å². The molecule has 0 saturated carbocycles. The maximum absolute atomic E-state index is 5.79. The summed E-state index contributed by atoms with van der Waals surface area (Å²) in [5.74, 6) is 0. The number of nitrogens with one attached hydrogen (secondary N) is 1. The average Bonchev–Trinajstić information content (AvgIpc) is 2.51. The molecule has 21 heavy (non-hydrogen) atoms. The first-order valence-electron chi connectivity index (χ1n) is 6.50. The molecule has 0 aromatic heterocycles. The second kappa shape index (κ2) is 5.84. The molecule has 0 unspecified atom stereocenters. The predicted molar refractivity (Wildman–Crippen MR) is 97.3 cm³/mol. The van der Waals surface area contributed by atoms with Gasteiger partial charge in [0, 0.05) is 26.8 Å². The van der Waals surface area contributed by atoms with Crippen LogP contribution in [0, 0.1) is 0 Å². The quantitative estimate of drug-likeness (QED) is 0.650. The molecule has 0 aliphatic heterocycles. The van der Waals surface area contributed by atoms with Crippen LogP contribution in [-0.2, 0) is 0 Å². The summed E-state index contributed by atoms with van der Waals surface area (Å²) in [4.78, 5) is 0.388. The molecule has 0 aliphatic rings. The third kappa shape index (κ3) is 2.77. The minimum absolute atomic E-state index is 0.388. The van der Waals surface area contributed by atoms with E-state index in [-0.39, 0.29) is 0 Å². The van der Waals surface area contributed by atoms with Gasteiger partial charge in [-0.05, 0) is 29.7 Å². The van der Waals surface area contributed by atoms with Gasteiger partial charge in [0.25, 0.3) is 0 Å². The molecule has 0 amide bonds. The van der Waals surface area contributed by atoms with Crippen LogP contribution in [0.25, 0.3) is 10.8 Å². The van der Waals surface area contributed by atoms with Gasteiger partial charge in [0.1, 0.15) is 4.99 Å². The van der Waals surface area contributed by atoms with Gasteiger partial charge < -0.3 is 11.1 Å². The lowest BCUT2D eigenvalue weighted by Gasteiger charge is -2.14. The standard InChI is InChI=1S/C17H13BrN2S/c18-14-9-10-16(12-6-2-1-5-11(12)14)20-15-8-4-3-7-13(15)17(19)21/h1-10,20H,(H2,19,21). The van der Waals surface area contributed by atoms with E-state index in [1.807, 2.05) is 48.5 Å². The Hall–Kier alpha value is -1.91. The van der Waals surface area contributed by atoms with E-state index < -0.39 is 0 Å². The highest BCUT2D eigenvalue weighted by Crippen LogP contribution is 2.32. The molecule has 3 N–H and O–H groups in total. The van der Waals surface area contributed by atoms with Crippen molar-refractivity contribution in [2.45, 2.75) is 0 Å². The first kappa shape index (κ1) is 14.0. The predicted octanol–water partition coefficient (Wildman–Crippen LogP) is 4.98. The minimum atomic E-state index is 0.388. The van der Waals surface area contributed by atoms with Gasteiger partial charge in [0.05, 0.1) is 0 Å². The molecule has 3 aromatic rings. The number of benzene rings is 3. The number of fused-ring (bicyclic) bond motifs is 1. The van der Waals surface area contributed by atoms with Crippen molar-refractivity contribution in [1.29, 1.82) is 0 Å². The molecular weight excluding hydrogens is 344 g/mol. The normalized spacial score (nSPS) is 10.5. The van der Waals surface area contributed by atoms with Gasteiger partial charge in [-0.3, -0.25) is 0 Å². The fourth-order valence-electron chi connectivity index (χ4n) is 2.32. The Morgan fingerprint density at radius 2 is 1.52 bits per heavy atom. The fourth-order valence-corrected chi connectivity index (χ4v) is 2.98. The molecule has 0 saturated heterocycles. The maximum Gasteiger partial charge on any atom is 0.106 e. The van der Waals surface area contributed by atoms with Crippen molar-refractivity contribution in [2.75, 3.05) is 5.32 Å². The van der Waals surface area contributed by atoms with Gasteiger partial charge in [-0.15, -0.1) is 0 Å². The van der Waals surface area contributed by atoms with Crippen LogP contribution in [0.1, 0.15) is 5.56 Å². The SMILES string of the molecule is NC(=S)c1ccccc1Nc1ccc(Br)c2ccccc12. The third-order valence-corrected chi connectivity index (χ3v) is 4.24. The van der Waals surface area contributed by atoms with Crippen molar-refractivity contribution < 1.29 is 0 Å². The summed E-state index contributed by atoms with van der Waals surface area (Å²) in [6.45, 7) is 0. The van der Waals surface area contributed by atoms with Crippen LogP contribution in [0.2, 0.25) is 0 Å². The lowest BCUT2D eigenvalue weighted by Crippen LogP contribution is -2.11. The second-order valence-corrected chi connectivity index (χ2v) is 5.97. The molecule has 4 heteroatoms.